The maximum atomic E-state index is 13.4. The number of hydrogen-bond donors (Lipinski definition) is 2. The molecular weight excluding hydrogens is 536 g/mol. The molecule has 3 aromatic carbocycles. The number of hydrogen-bond acceptors (Lipinski definition) is 5. The highest BCUT2D eigenvalue weighted by atomic mass is 79.9. The standard InChI is InChI=1S/C29H25BrN2O5/c1-37-29(36)19-11-14-21(15-12-19)31-27(34)22-9-5-6-10-23(22)28(35)32-25-16-13-20(30)17-24(25)26(33)18-7-3-2-4-8-18/h2-8,11-17,22-23H,9-10H2,1H3,(H,31,34)(H,32,35). The highest BCUT2D eigenvalue weighted by Gasteiger charge is 2.34. The number of benzene rings is 3. The summed E-state index contributed by atoms with van der Waals surface area (Å²) in [5.74, 6) is -2.55. The largest absolute Gasteiger partial charge is 0.465 e. The third-order valence-electron chi connectivity index (χ3n) is 6.20. The predicted octanol–water partition coefficient (Wildman–Crippen LogP) is 5.63. The molecule has 0 aromatic heterocycles. The van der Waals surface area contributed by atoms with Crippen LogP contribution >= 0.6 is 15.9 Å². The van der Waals surface area contributed by atoms with Crippen LogP contribution < -0.4 is 10.6 Å². The van der Waals surface area contributed by atoms with Crippen LogP contribution in [-0.4, -0.2) is 30.7 Å². The molecule has 37 heavy (non-hydrogen) atoms. The second-order valence-corrected chi connectivity index (χ2v) is 9.50. The number of carbonyl (C=O) groups excluding carboxylic acids is 4. The van der Waals surface area contributed by atoms with E-state index in [1.165, 1.54) is 7.11 Å². The summed E-state index contributed by atoms with van der Waals surface area (Å²) in [6, 6.07) is 20.3. The van der Waals surface area contributed by atoms with Gasteiger partial charge in [0.2, 0.25) is 11.8 Å². The van der Waals surface area contributed by atoms with E-state index in [4.69, 9.17) is 4.74 Å². The van der Waals surface area contributed by atoms with Crippen LogP contribution in [0.1, 0.15) is 39.1 Å². The molecular formula is C29H25BrN2O5. The van der Waals surface area contributed by atoms with Crippen LogP contribution in [0.5, 0.6) is 0 Å². The number of allylic oxidation sites excluding steroid dienone is 2. The van der Waals surface area contributed by atoms with Gasteiger partial charge in [-0.15, -0.1) is 0 Å². The Morgan fingerprint density at radius 3 is 2.03 bits per heavy atom. The van der Waals surface area contributed by atoms with Gasteiger partial charge < -0.3 is 15.4 Å². The second-order valence-electron chi connectivity index (χ2n) is 8.59. The molecule has 0 saturated carbocycles. The van der Waals surface area contributed by atoms with Gasteiger partial charge in [-0.05, 0) is 55.3 Å². The molecule has 2 unspecified atom stereocenters. The van der Waals surface area contributed by atoms with Crippen molar-refractivity contribution in [1.82, 2.24) is 0 Å². The second kappa shape index (κ2) is 11.8. The maximum Gasteiger partial charge on any atom is 0.337 e. The zero-order chi connectivity index (χ0) is 26.4. The fourth-order valence-electron chi connectivity index (χ4n) is 4.22. The van der Waals surface area contributed by atoms with Gasteiger partial charge in [0, 0.05) is 21.3 Å². The summed E-state index contributed by atoms with van der Waals surface area (Å²) in [7, 11) is 1.30. The van der Waals surface area contributed by atoms with Gasteiger partial charge >= 0.3 is 5.97 Å². The summed E-state index contributed by atoms with van der Waals surface area (Å²) in [4.78, 5) is 51.3. The molecule has 3 aromatic rings. The molecule has 2 atom stereocenters. The lowest BCUT2D eigenvalue weighted by Crippen LogP contribution is -2.37. The van der Waals surface area contributed by atoms with E-state index in [-0.39, 0.29) is 17.6 Å². The van der Waals surface area contributed by atoms with Crippen molar-refractivity contribution < 1.29 is 23.9 Å². The van der Waals surface area contributed by atoms with Crippen molar-refractivity contribution in [2.45, 2.75) is 12.8 Å². The molecule has 1 aliphatic rings. The third kappa shape index (κ3) is 6.21. The number of ketones is 1. The Hall–Kier alpha value is -4.04. The number of anilines is 2. The van der Waals surface area contributed by atoms with E-state index >= 15 is 0 Å². The lowest BCUT2D eigenvalue weighted by atomic mass is 9.81. The molecule has 0 saturated heterocycles. The summed E-state index contributed by atoms with van der Waals surface area (Å²) in [6.07, 6.45) is 4.57. The van der Waals surface area contributed by atoms with Gasteiger partial charge in [-0.1, -0.05) is 58.4 Å². The molecule has 2 amide bonds. The van der Waals surface area contributed by atoms with Crippen LogP contribution in [0.25, 0.3) is 0 Å². The van der Waals surface area contributed by atoms with Crippen molar-refractivity contribution in [2.24, 2.45) is 11.8 Å². The van der Waals surface area contributed by atoms with Gasteiger partial charge in [0.25, 0.3) is 0 Å². The Morgan fingerprint density at radius 1 is 0.784 bits per heavy atom. The number of rotatable bonds is 7. The Kier molecular flexibility index (Phi) is 8.30. The van der Waals surface area contributed by atoms with Crippen molar-refractivity contribution in [2.75, 3.05) is 17.7 Å². The first-order valence-corrected chi connectivity index (χ1v) is 12.5. The molecule has 0 aliphatic heterocycles. The van der Waals surface area contributed by atoms with E-state index in [2.05, 4.69) is 26.6 Å². The number of nitrogens with one attached hydrogen (secondary N) is 2. The zero-order valence-electron chi connectivity index (χ0n) is 20.1. The Labute approximate surface area is 223 Å². The fourth-order valence-corrected chi connectivity index (χ4v) is 4.58. The molecule has 2 N–H and O–H groups in total. The molecule has 0 spiro atoms. The van der Waals surface area contributed by atoms with Crippen LogP contribution in [0.2, 0.25) is 0 Å². The minimum atomic E-state index is -0.623. The molecule has 8 heteroatoms. The first kappa shape index (κ1) is 26.0. The minimum Gasteiger partial charge on any atom is -0.465 e. The summed E-state index contributed by atoms with van der Waals surface area (Å²) in [5, 5.41) is 5.73. The molecule has 0 bridgehead atoms. The first-order chi connectivity index (χ1) is 17.9. The molecule has 0 heterocycles. The van der Waals surface area contributed by atoms with Gasteiger partial charge in [-0.25, -0.2) is 4.79 Å². The van der Waals surface area contributed by atoms with Gasteiger partial charge in [0.15, 0.2) is 5.78 Å². The van der Waals surface area contributed by atoms with Gasteiger partial charge in [0.05, 0.1) is 30.2 Å². The number of halogens is 1. The van der Waals surface area contributed by atoms with Gasteiger partial charge in [0.1, 0.15) is 0 Å². The van der Waals surface area contributed by atoms with Crippen molar-refractivity contribution in [3.05, 3.63) is 106 Å². The molecule has 188 valence electrons. The summed E-state index contributed by atoms with van der Waals surface area (Å²) in [5.41, 5.74) is 2.12. The van der Waals surface area contributed by atoms with Crippen molar-refractivity contribution in [1.29, 1.82) is 0 Å². The Morgan fingerprint density at radius 2 is 1.41 bits per heavy atom. The lowest BCUT2D eigenvalue weighted by molar-refractivity contribution is -0.129. The number of ether oxygens (including phenoxy) is 1. The molecule has 0 fully saturated rings. The number of carbonyl (C=O) groups is 4. The van der Waals surface area contributed by atoms with Gasteiger partial charge in [-0.2, -0.15) is 0 Å². The summed E-state index contributed by atoms with van der Waals surface area (Å²) < 4.78 is 5.40. The summed E-state index contributed by atoms with van der Waals surface area (Å²) >= 11 is 3.40. The normalized spacial score (nSPS) is 16.5. The fraction of sp³-hybridized carbons (Fsp3) is 0.172. The van der Waals surface area contributed by atoms with Crippen molar-refractivity contribution >= 4 is 50.9 Å². The minimum absolute atomic E-state index is 0.217. The van der Waals surface area contributed by atoms with E-state index in [9.17, 15) is 19.2 Å². The maximum absolute atomic E-state index is 13.4. The Balaban J connectivity index is 1.51. The van der Waals surface area contributed by atoms with Crippen LogP contribution in [0.4, 0.5) is 11.4 Å². The van der Waals surface area contributed by atoms with Gasteiger partial charge in [-0.3, -0.25) is 14.4 Å². The summed E-state index contributed by atoms with van der Waals surface area (Å²) in [6.45, 7) is 0. The van der Waals surface area contributed by atoms with Crippen molar-refractivity contribution in [3.8, 4) is 0 Å². The van der Waals surface area contributed by atoms with Crippen LogP contribution in [0, 0.1) is 11.8 Å². The van der Waals surface area contributed by atoms with Crippen LogP contribution in [-0.2, 0) is 14.3 Å². The average Bonchev–Trinajstić information content (AvgIpc) is 2.94. The molecule has 1 aliphatic carbocycles. The molecule has 0 radical (unpaired) electrons. The van der Waals surface area contributed by atoms with E-state index < -0.39 is 17.8 Å². The average molecular weight is 561 g/mol. The smallest absolute Gasteiger partial charge is 0.337 e. The quantitative estimate of drug-likeness (QED) is 0.221. The number of methoxy groups -OCH3 is 1. The monoisotopic (exact) mass is 560 g/mol. The van der Waals surface area contributed by atoms with E-state index in [0.717, 1.165) is 0 Å². The van der Waals surface area contributed by atoms with Crippen molar-refractivity contribution in [3.63, 3.8) is 0 Å². The van der Waals surface area contributed by atoms with E-state index in [0.29, 0.717) is 45.4 Å². The number of esters is 1. The predicted molar refractivity (Wildman–Crippen MR) is 144 cm³/mol. The zero-order valence-corrected chi connectivity index (χ0v) is 21.7. The molecule has 7 nitrogen and oxygen atoms in total. The van der Waals surface area contributed by atoms with E-state index in [1.54, 1.807) is 66.7 Å². The number of amides is 2. The first-order valence-electron chi connectivity index (χ1n) is 11.7. The highest BCUT2D eigenvalue weighted by molar-refractivity contribution is 9.10. The van der Waals surface area contributed by atoms with Crippen LogP contribution in [0.3, 0.4) is 0 Å². The van der Waals surface area contributed by atoms with Crippen LogP contribution in [0.15, 0.2) is 89.4 Å². The molecule has 4 rings (SSSR count). The topological polar surface area (TPSA) is 102 Å². The lowest BCUT2D eigenvalue weighted by Gasteiger charge is -2.27. The third-order valence-corrected chi connectivity index (χ3v) is 6.69. The Bertz CT molecular complexity index is 1350. The highest BCUT2D eigenvalue weighted by Crippen LogP contribution is 2.30. The SMILES string of the molecule is COC(=O)c1ccc(NC(=O)C2CC=CCC2C(=O)Nc2ccc(Br)cc2C(=O)c2ccccc2)cc1. The van der Waals surface area contributed by atoms with E-state index in [1.807, 2.05) is 18.2 Å².